The van der Waals surface area contributed by atoms with Crippen molar-refractivity contribution in [1.29, 1.82) is 0 Å². The number of nitrogens with two attached hydrogens (primary N) is 1. The zero-order valence-corrected chi connectivity index (χ0v) is 9.18. The van der Waals surface area contributed by atoms with Crippen LogP contribution in [0.5, 0.6) is 0 Å². The first kappa shape index (κ1) is 12.1. The topological polar surface area (TPSA) is 80.4 Å². The fraction of sp³-hybridized carbons (Fsp3) is 0.333. The normalized spacial score (nSPS) is 12.9. The van der Waals surface area contributed by atoms with E-state index in [1.54, 1.807) is 0 Å². The SMILES string of the molecule is CC(C)(O)c1cc(S(N)(=O)=O)ccc1F. The highest BCUT2D eigenvalue weighted by molar-refractivity contribution is 7.89. The van der Waals surface area contributed by atoms with Gasteiger partial charge < -0.3 is 5.11 Å². The second-order valence-electron chi connectivity index (χ2n) is 3.75. The van der Waals surface area contributed by atoms with E-state index >= 15 is 0 Å². The van der Waals surface area contributed by atoms with E-state index < -0.39 is 21.4 Å². The Bertz CT molecular complexity index is 477. The van der Waals surface area contributed by atoms with Gasteiger partial charge >= 0.3 is 0 Å². The maximum atomic E-state index is 13.3. The highest BCUT2D eigenvalue weighted by atomic mass is 32.2. The molecule has 1 rings (SSSR count). The fourth-order valence-corrected chi connectivity index (χ4v) is 1.69. The lowest BCUT2D eigenvalue weighted by Gasteiger charge is -2.18. The summed E-state index contributed by atoms with van der Waals surface area (Å²) in [6, 6.07) is 3.05. The summed E-state index contributed by atoms with van der Waals surface area (Å²) < 4.78 is 35.3. The molecule has 0 aliphatic carbocycles. The Morgan fingerprint density at radius 3 is 2.33 bits per heavy atom. The molecule has 0 heterocycles. The van der Waals surface area contributed by atoms with E-state index in [4.69, 9.17) is 5.14 Å². The van der Waals surface area contributed by atoms with Crippen molar-refractivity contribution in [2.75, 3.05) is 0 Å². The van der Waals surface area contributed by atoms with E-state index in [1.165, 1.54) is 13.8 Å². The number of halogens is 1. The average molecular weight is 233 g/mol. The molecular formula is C9H12FNO3S. The van der Waals surface area contributed by atoms with Gasteiger partial charge in [0.05, 0.1) is 10.5 Å². The van der Waals surface area contributed by atoms with Crippen LogP contribution in [0.2, 0.25) is 0 Å². The number of benzene rings is 1. The zero-order valence-electron chi connectivity index (χ0n) is 8.36. The molecule has 0 bridgehead atoms. The maximum absolute atomic E-state index is 13.3. The average Bonchev–Trinajstić information content (AvgIpc) is 2.00. The van der Waals surface area contributed by atoms with Gasteiger partial charge in [0.2, 0.25) is 10.0 Å². The van der Waals surface area contributed by atoms with Crippen molar-refractivity contribution < 1.29 is 17.9 Å². The molecule has 0 saturated heterocycles. The minimum absolute atomic E-state index is 0.103. The fourth-order valence-electron chi connectivity index (χ4n) is 1.15. The van der Waals surface area contributed by atoms with Crippen molar-refractivity contribution in [3.05, 3.63) is 29.6 Å². The van der Waals surface area contributed by atoms with E-state index in [9.17, 15) is 17.9 Å². The molecule has 84 valence electrons. The van der Waals surface area contributed by atoms with Crippen molar-refractivity contribution in [2.24, 2.45) is 5.14 Å². The van der Waals surface area contributed by atoms with Gasteiger partial charge in [-0.2, -0.15) is 0 Å². The van der Waals surface area contributed by atoms with Gasteiger partial charge in [-0.05, 0) is 32.0 Å². The molecule has 15 heavy (non-hydrogen) atoms. The van der Waals surface area contributed by atoms with Gasteiger partial charge in [0.15, 0.2) is 0 Å². The highest BCUT2D eigenvalue weighted by Crippen LogP contribution is 2.24. The summed E-state index contributed by atoms with van der Waals surface area (Å²) in [6.45, 7) is 2.72. The molecule has 0 amide bonds. The van der Waals surface area contributed by atoms with Gasteiger partial charge in [-0.1, -0.05) is 0 Å². The number of primary sulfonamides is 1. The number of rotatable bonds is 2. The third-order valence-corrected chi connectivity index (χ3v) is 2.84. The summed E-state index contributed by atoms with van der Waals surface area (Å²) in [6.07, 6.45) is 0. The number of aliphatic hydroxyl groups is 1. The van der Waals surface area contributed by atoms with Crippen molar-refractivity contribution in [2.45, 2.75) is 24.3 Å². The van der Waals surface area contributed by atoms with Crippen LogP contribution in [-0.2, 0) is 15.6 Å². The van der Waals surface area contributed by atoms with Crippen LogP contribution >= 0.6 is 0 Å². The van der Waals surface area contributed by atoms with E-state index in [1.807, 2.05) is 0 Å². The van der Waals surface area contributed by atoms with E-state index in [0.29, 0.717) is 0 Å². The Balaban J connectivity index is 3.43. The Morgan fingerprint density at radius 1 is 1.40 bits per heavy atom. The number of hydrogen-bond acceptors (Lipinski definition) is 3. The monoisotopic (exact) mass is 233 g/mol. The molecule has 1 aromatic carbocycles. The summed E-state index contributed by atoms with van der Waals surface area (Å²) in [7, 11) is -3.88. The summed E-state index contributed by atoms with van der Waals surface area (Å²) in [5.74, 6) is -0.671. The lowest BCUT2D eigenvalue weighted by molar-refractivity contribution is 0.0743. The summed E-state index contributed by atoms with van der Waals surface area (Å²) in [5, 5.41) is 14.5. The van der Waals surface area contributed by atoms with E-state index in [2.05, 4.69) is 0 Å². The largest absolute Gasteiger partial charge is 0.386 e. The molecule has 3 N–H and O–H groups in total. The van der Waals surface area contributed by atoms with Crippen LogP contribution in [0.4, 0.5) is 4.39 Å². The van der Waals surface area contributed by atoms with Gasteiger partial charge in [0.25, 0.3) is 0 Å². The van der Waals surface area contributed by atoms with Crippen molar-refractivity contribution in [1.82, 2.24) is 0 Å². The third-order valence-electron chi connectivity index (χ3n) is 1.93. The van der Waals surface area contributed by atoms with Crippen LogP contribution < -0.4 is 5.14 Å². The van der Waals surface area contributed by atoms with Crippen LogP contribution in [0.15, 0.2) is 23.1 Å². The van der Waals surface area contributed by atoms with E-state index in [0.717, 1.165) is 18.2 Å². The predicted molar refractivity (Wildman–Crippen MR) is 53.0 cm³/mol. The Labute approximate surface area is 87.6 Å². The second-order valence-corrected chi connectivity index (χ2v) is 5.31. The Hall–Kier alpha value is -0.980. The third kappa shape index (κ3) is 2.74. The standard InChI is InChI=1S/C9H12FNO3S/c1-9(2,12)7-5-6(15(11,13)14)3-4-8(7)10/h3-5,12H,1-2H3,(H2,11,13,14). The lowest BCUT2D eigenvalue weighted by atomic mass is 9.98. The molecule has 0 aliphatic heterocycles. The van der Waals surface area contributed by atoms with Crippen LogP contribution in [-0.4, -0.2) is 13.5 Å². The molecule has 1 aromatic rings. The molecule has 0 atom stereocenters. The zero-order chi connectivity index (χ0) is 11.9. The molecule has 0 unspecified atom stereocenters. The molecule has 0 saturated carbocycles. The molecule has 0 aliphatic rings. The molecular weight excluding hydrogens is 221 g/mol. The van der Waals surface area contributed by atoms with Crippen LogP contribution in [0.1, 0.15) is 19.4 Å². The van der Waals surface area contributed by atoms with Gasteiger partial charge in [0.1, 0.15) is 5.82 Å². The second kappa shape index (κ2) is 3.55. The molecule has 0 fully saturated rings. The highest BCUT2D eigenvalue weighted by Gasteiger charge is 2.22. The molecule has 6 heteroatoms. The molecule has 0 aromatic heterocycles. The van der Waals surface area contributed by atoms with Gasteiger partial charge in [-0.3, -0.25) is 0 Å². The molecule has 4 nitrogen and oxygen atoms in total. The lowest BCUT2D eigenvalue weighted by Crippen LogP contribution is -2.20. The Morgan fingerprint density at radius 2 is 1.93 bits per heavy atom. The molecule has 0 spiro atoms. The van der Waals surface area contributed by atoms with Crippen molar-refractivity contribution in [3.63, 3.8) is 0 Å². The number of sulfonamides is 1. The first-order valence-electron chi connectivity index (χ1n) is 4.17. The predicted octanol–water partition coefficient (Wildman–Crippen LogP) is 0.701. The first-order valence-corrected chi connectivity index (χ1v) is 5.72. The summed E-state index contributed by atoms with van der Waals surface area (Å²) >= 11 is 0. The smallest absolute Gasteiger partial charge is 0.238 e. The van der Waals surface area contributed by atoms with Crippen LogP contribution in [0.3, 0.4) is 0 Å². The Kier molecular flexibility index (Phi) is 2.86. The molecule has 0 radical (unpaired) electrons. The van der Waals surface area contributed by atoms with Gasteiger partial charge in [-0.15, -0.1) is 0 Å². The van der Waals surface area contributed by atoms with Crippen LogP contribution in [0.25, 0.3) is 0 Å². The number of hydrogen-bond donors (Lipinski definition) is 2. The quantitative estimate of drug-likeness (QED) is 0.789. The van der Waals surface area contributed by atoms with E-state index in [-0.39, 0.29) is 10.5 Å². The van der Waals surface area contributed by atoms with Crippen molar-refractivity contribution in [3.8, 4) is 0 Å². The summed E-state index contributed by atoms with van der Waals surface area (Å²) in [5.41, 5.74) is -1.56. The minimum atomic E-state index is -3.88. The van der Waals surface area contributed by atoms with Gasteiger partial charge in [-0.25, -0.2) is 17.9 Å². The summed E-state index contributed by atoms with van der Waals surface area (Å²) in [4.78, 5) is -0.221. The van der Waals surface area contributed by atoms with Crippen molar-refractivity contribution >= 4 is 10.0 Å². The maximum Gasteiger partial charge on any atom is 0.238 e. The van der Waals surface area contributed by atoms with Gasteiger partial charge in [0, 0.05) is 5.56 Å². The minimum Gasteiger partial charge on any atom is -0.386 e. The first-order chi connectivity index (χ1) is 6.62. The van der Waals surface area contributed by atoms with Crippen LogP contribution in [0, 0.1) is 5.82 Å².